The van der Waals surface area contributed by atoms with Gasteiger partial charge in [0.1, 0.15) is 5.75 Å². The van der Waals surface area contributed by atoms with Gasteiger partial charge in [0.05, 0.1) is 0 Å². The van der Waals surface area contributed by atoms with E-state index in [2.05, 4.69) is 39.8 Å². The SMILES string of the molecule is CC(=O)N1CC(C)(C)C2C1=CC(C(=O)Nc1ccc(OC(F)(F)Cl)cc1)=CC2Br. The second-order valence-electron chi connectivity index (χ2n) is 7.73. The summed E-state index contributed by atoms with van der Waals surface area (Å²) in [5.74, 6) is -0.503. The third-order valence-corrected chi connectivity index (χ3v) is 5.86. The average Bonchev–Trinajstić information content (AvgIpc) is 2.87. The first kappa shape index (κ1) is 21.8. The van der Waals surface area contributed by atoms with Gasteiger partial charge in [-0.1, -0.05) is 35.9 Å². The molecule has 0 aromatic heterocycles. The van der Waals surface area contributed by atoms with E-state index >= 15 is 0 Å². The first-order chi connectivity index (χ1) is 13.4. The van der Waals surface area contributed by atoms with Crippen LogP contribution < -0.4 is 10.1 Å². The van der Waals surface area contributed by atoms with E-state index in [0.29, 0.717) is 17.8 Å². The molecule has 0 saturated carbocycles. The fraction of sp³-hybridized carbons (Fsp3) is 0.400. The monoisotopic (exact) mass is 488 g/mol. The predicted octanol–water partition coefficient (Wildman–Crippen LogP) is 4.88. The lowest BCUT2D eigenvalue weighted by Gasteiger charge is -2.31. The Kier molecular flexibility index (Phi) is 5.80. The van der Waals surface area contributed by atoms with Gasteiger partial charge in [-0.15, -0.1) is 8.78 Å². The molecule has 1 aromatic rings. The van der Waals surface area contributed by atoms with Crippen LogP contribution in [0.2, 0.25) is 0 Å². The molecule has 0 bridgehead atoms. The van der Waals surface area contributed by atoms with Crippen LogP contribution >= 0.6 is 27.5 Å². The van der Waals surface area contributed by atoms with E-state index in [4.69, 9.17) is 11.6 Å². The Morgan fingerprint density at radius 3 is 2.48 bits per heavy atom. The standard InChI is InChI=1S/C20H20BrClF2N2O3/c1-11(27)26-10-19(2,3)17-15(21)8-12(9-16(17)26)18(28)25-13-4-6-14(7-5-13)29-20(22,23)24/h4-9,15,17H,10H2,1-3H3,(H,25,28). The lowest BCUT2D eigenvalue weighted by molar-refractivity contribution is -0.126. The number of fused-ring (bicyclic) bond motifs is 1. The minimum Gasteiger partial charge on any atom is -0.420 e. The van der Waals surface area contributed by atoms with E-state index in [0.717, 1.165) is 5.70 Å². The highest BCUT2D eigenvalue weighted by molar-refractivity contribution is 9.09. The number of anilines is 1. The van der Waals surface area contributed by atoms with Gasteiger partial charge in [-0.25, -0.2) is 0 Å². The topological polar surface area (TPSA) is 58.6 Å². The Morgan fingerprint density at radius 2 is 1.93 bits per heavy atom. The van der Waals surface area contributed by atoms with Crippen LogP contribution in [0.5, 0.6) is 5.75 Å². The normalized spacial score (nSPS) is 23.1. The number of rotatable bonds is 4. The van der Waals surface area contributed by atoms with Crippen molar-refractivity contribution >= 4 is 45.0 Å². The Labute approximate surface area is 180 Å². The fourth-order valence-electron chi connectivity index (χ4n) is 3.78. The van der Waals surface area contributed by atoms with Crippen LogP contribution in [0.1, 0.15) is 20.8 Å². The number of likely N-dealkylation sites (tertiary alicyclic amines) is 1. The van der Waals surface area contributed by atoms with Crippen molar-refractivity contribution in [3.05, 3.63) is 47.7 Å². The number of nitrogens with zero attached hydrogens (tertiary/aromatic N) is 1. The number of benzene rings is 1. The van der Waals surface area contributed by atoms with Gasteiger partial charge in [-0.05, 0) is 35.8 Å². The zero-order valence-corrected chi connectivity index (χ0v) is 18.4. The summed E-state index contributed by atoms with van der Waals surface area (Å²) < 4.78 is 29.6. The molecule has 3 rings (SSSR count). The zero-order chi connectivity index (χ0) is 21.6. The minimum atomic E-state index is -3.80. The molecule has 2 atom stereocenters. The number of nitrogens with one attached hydrogen (secondary N) is 1. The maximum atomic E-state index is 12.7. The van der Waals surface area contributed by atoms with Crippen molar-refractivity contribution in [1.82, 2.24) is 4.90 Å². The maximum absolute atomic E-state index is 12.7. The number of carbonyl (C=O) groups excluding carboxylic acids is 2. The van der Waals surface area contributed by atoms with E-state index in [-0.39, 0.29) is 33.7 Å². The third kappa shape index (κ3) is 4.80. The van der Waals surface area contributed by atoms with Gasteiger partial charge in [0, 0.05) is 52.8 Å². The first-order valence-corrected chi connectivity index (χ1v) is 10.2. The number of amides is 2. The van der Waals surface area contributed by atoms with E-state index in [9.17, 15) is 18.4 Å². The first-order valence-electron chi connectivity index (χ1n) is 8.90. The number of hydrogen-bond acceptors (Lipinski definition) is 3. The second-order valence-corrected chi connectivity index (χ2v) is 9.23. The summed E-state index contributed by atoms with van der Waals surface area (Å²) in [5, 5.41) is 2.71. The van der Waals surface area contributed by atoms with Gasteiger partial charge in [0.15, 0.2) is 0 Å². The number of allylic oxidation sites excluding steroid dienone is 2. The molecule has 9 heteroatoms. The Bertz CT molecular complexity index is 894. The number of carbonyl (C=O) groups is 2. The van der Waals surface area contributed by atoms with Crippen LogP contribution in [-0.4, -0.2) is 33.7 Å². The minimum absolute atomic E-state index is 0.0663. The molecule has 2 aliphatic rings. The summed E-state index contributed by atoms with van der Waals surface area (Å²) >= 11 is 8.38. The maximum Gasteiger partial charge on any atom is 0.487 e. The smallest absolute Gasteiger partial charge is 0.420 e. The molecule has 5 nitrogen and oxygen atoms in total. The molecular formula is C20H20BrClF2N2O3. The molecule has 29 heavy (non-hydrogen) atoms. The number of hydrogen-bond donors (Lipinski definition) is 1. The number of halogens is 4. The molecule has 1 heterocycles. The van der Waals surface area contributed by atoms with Crippen LogP contribution in [0.25, 0.3) is 0 Å². The summed E-state index contributed by atoms with van der Waals surface area (Å²) in [6.45, 7) is 6.27. The van der Waals surface area contributed by atoms with Crippen molar-refractivity contribution in [3.63, 3.8) is 0 Å². The van der Waals surface area contributed by atoms with Crippen LogP contribution in [0.15, 0.2) is 47.7 Å². The van der Waals surface area contributed by atoms with Crippen LogP contribution in [0.3, 0.4) is 0 Å². The molecule has 0 radical (unpaired) electrons. The summed E-state index contributed by atoms with van der Waals surface area (Å²) in [5.41, 5.74) is -2.31. The van der Waals surface area contributed by atoms with E-state index in [1.807, 2.05) is 6.08 Å². The molecule has 1 saturated heterocycles. The van der Waals surface area contributed by atoms with Crippen molar-refractivity contribution < 1.29 is 23.1 Å². The molecule has 1 N–H and O–H groups in total. The largest absolute Gasteiger partial charge is 0.487 e. The quantitative estimate of drug-likeness (QED) is 0.613. The highest BCUT2D eigenvalue weighted by atomic mass is 79.9. The summed E-state index contributed by atoms with van der Waals surface area (Å²) in [6.07, 6.45) is 3.56. The van der Waals surface area contributed by atoms with Gasteiger partial charge in [-0.2, -0.15) is 0 Å². The van der Waals surface area contributed by atoms with Crippen LogP contribution in [0.4, 0.5) is 14.5 Å². The fourth-order valence-corrected chi connectivity index (χ4v) is 5.14. The molecule has 2 unspecified atom stereocenters. The Hall–Kier alpha value is -1.93. The Balaban J connectivity index is 1.78. The number of alkyl halides is 4. The second kappa shape index (κ2) is 7.72. The lowest BCUT2D eigenvalue weighted by Crippen LogP contribution is -2.30. The van der Waals surface area contributed by atoms with Gasteiger partial charge < -0.3 is 15.0 Å². The molecule has 1 fully saturated rings. The van der Waals surface area contributed by atoms with E-state index in [1.54, 1.807) is 11.0 Å². The summed E-state index contributed by atoms with van der Waals surface area (Å²) in [4.78, 5) is 26.4. The number of ether oxygens (including phenoxy) is 1. The molecule has 0 spiro atoms. The highest BCUT2D eigenvalue weighted by Gasteiger charge is 2.48. The summed E-state index contributed by atoms with van der Waals surface area (Å²) in [7, 11) is 0. The van der Waals surface area contributed by atoms with Crippen LogP contribution in [-0.2, 0) is 9.59 Å². The predicted molar refractivity (Wildman–Crippen MR) is 110 cm³/mol. The molecular weight excluding hydrogens is 470 g/mol. The van der Waals surface area contributed by atoms with Gasteiger partial charge in [-0.3, -0.25) is 9.59 Å². The van der Waals surface area contributed by atoms with Crippen molar-refractivity contribution in [2.75, 3.05) is 11.9 Å². The summed E-state index contributed by atoms with van der Waals surface area (Å²) in [6, 6.07) is 5.42. The van der Waals surface area contributed by atoms with E-state index in [1.165, 1.54) is 31.2 Å². The van der Waals surface area contributed by atoms with Crippen molar-refractivity contribution in [2.45, 2.75) is 31.2 Å². The van der Waals surface area contributed by atoms with E-state index < -0.39 is 5.57 Å². The molecule has 2 amide bonds. The van der Waals surface area contributed by atoms with Crippen LogP contribution in [0, 0.1) is 11.3 Å². The molecule has 1 aromatic carbocycles. The zero-order valence-electron chi connectivity index (χ0n) is 16.0. The van der Waals surface area contributed by atoms with Gasteiger partial charge >= 0.3 is 5.57 Å². The molecule has 156 valence electrons. The molecule has 1 aliphatic carbocycles. The average molecular weight is 490 g/mol. The Morgan fingerprint density at radius 1 is 1.31 bits per heavy atom. The van der Waals surface area contributed by atoms with Gasteiger partial charge in [0.2, 0.25) is 5.91 Å². The van der Waals surface area contributed by atoms with Crippen molar-refractivity contribution in [1.29, 1.82) is 0 Å². The third-order valence-electron chi connectivity index (χ3n) is 4.99. The van der Waals surface area contributed by atoms with Crippen molar-refractivity contribution in [3.8, 4) is 5.75 Å². The van der Waals surface area contributed by atoms with Crippen molar-refractivity contribution in [2.24, 2.45) is 11.3 Å². The molecule has 1 aliphatic heterocycles. The van der Waals surface area contributed by atoms with Gasteiger partial charge in [0.25, 0.3) is 5.91 Å². The lowest BCUT2D eigenvalue weighted by atomic mass is 9.76. The highest BCUT2D eigenvalue weighted by Crippen LogP contribution is 2.49.